The van der Waals surface area contributed by atoms with E-state index in [1.165, 1.54) is 11.1 Å². The highest BCUT2D eigenvalue weighted by Crippen LogP contribution is 2.39. The molecule has 1 unspecified atom stereocenters. The van der Waals surface area contributed by atoms with Crippen molar-refractivity contribution in [2.24, 2.45) is 5.73 Å². The molecule has 4 nitrogen and oxygen atoms in total. The molecule has 2 aliphatic heterocycles. The molecule has 2 aromatic carbocycles. The lowest BCUT2D eigenvalue weighted by Gasteiger charge is -2.37. The van der Waals surface area contributed by atoms with E-state index in [1.807, 2.05) is 24.3 Å². The summed E-state index contributed by atoms with van der Waals surface area (Å²) in [7, 11) is 0. The monoisotopic (exact) mass is 436 g/mol. The van der Waals surface area contributed by atoms with Crippen LogP contribution in [0.2, 0.25) is 0 Å². The number of ketones is 1. The Balaban J connectivity index is 0.00000150. The second-order valence-corrected chi connectivity index (χ2v) is 7.87. The third-order valence-corrected chi connectivity index (χ3v) is 5.85. The van der Waals surface area contributed by atoms with Gasteiger partial charge in [0.05, 0.1) is 12.0 Å². The number of nitrogens with two attached hydrogens (primary N) is 1. The van der Waals surface area contributed by atoms with Crippen LogP contribution in [0.3, 0.4) is 0 Å². The van der Waals surface area contributed by atoms with Gasteiger partial charge in [-0.25, -0.2) is 0 Å². The van der Waals surface area contributed by atoms with Gasteiger partial charge in [-0.05, 0) is 55.6 Å². The number of para-hydroxylation sites is 1. The third kappa shape index (κ3) is 5.52. The zero-order valence-electron chi connectivity index (χ0n) is 16.6. The van der Waals surface area contributed by atoms with Crippen LogP contribution in [0, 0.1) is 0 Å². The molecule has 1 saturated heterocycles. The Bertz CT molecular complexity index is 813. The molecule has 0 bridgehead atoms. The average molecular weight is 437 g/mol. The van der Waals surface area contributed by atoms with Crippen molar-refractivity contribution in [3.8, 4) is 5.75 Å². The molecule has 1 spiro atoms. The number of nitrogens with zero attached hydrogens (tertiary/aromatic N) is 1. The summed E-state index contributed by atoms with van der Waals surface area (Å²) in [5.41, 5.74) is 8.66. The van der Waals surface area contributed by atoms with Gasteiger partial charge in [0.15, 0.2) is 5.78 Å². The lowest BCUT2D eigenvalue weighted by Crippen LogP contribution is -2.42. The third-order valence-electron chi connectivity index (χ3n) is 5.85. The van der Waals surface area contributed by atoms with E-state index < -0.39 is 0 Å². The number of halogens is 2. The van der Waals surface area contributed by atoms with Gasteiger partial charge in [-0.3, -0.25) is 9.69 Å². The number of likely N-dealkylation sites (tertiary alicyclic amines) is 1. The minimum absolute atomic E-state index is 0. The smallest absolute Gasteiger partial charge is 0.170 e. The molecule has 2 aromatic rings. The molecule has 4 rings (SSSR count). The first-order valence-corrected chi connectivity index (χ1v) is 9.99. The molecule has 0 saturated carbocycles. The normalized spacial score (nSPS) is 21.3. The Kier molecular flexibility index (Phi) is 8.53. The Morgan fingerprint density at radius 3 is 2.45 bits per heavy atom. The highest BCUT2D eigenvalue weighted by atomic mass is 35.5. The molecule has 0 radical (unpaired) electrons. The zero-order valence-corrected chi connectivity index (χ0v) is 18.3. The second kappa shape index (κ2) is 10.4. The maximum absolute atomic E-state index is 12.6. The lowest BCUT2D eigenvalue weighted by atomic mass is 9.84. The quantitative estimate of drug-likeness (QED) is 0.770. The maximum atomic E-state index is 12.6. The van der Waals surface area contributed by atoms with Gasteiger partial charge >= 0.3 is 0 Å². The van der Waals surface area contributed by atoms with E-state index in [2.05, 4.69) is 29.2 Å². The number of ether oxygens (including phenoxy) is 1. The first kappa shape index (κ1) is 23.7. The largest absolute Gasteiger partial charge is 0.486 e. The predicted molar refractivity (Wildman–Crippen MR) is 122 cm³/mol. The molecule has 1 atom stereocenters. The van der Waals surface area contributed by atoms with Gasteiger partial charge < -0.3 is 10.5 Å². The van der Waals surface area contributed by atoms with Gasteiger partial charge in [0.2, 0.25) is 0 Å². The number of carbonyl (C=O) groups excluding carboxylic acids is 1. The summed E-state index contributed by atoms with van der Waals surface area (Å²) >= 11 is 0. The molecule has 0 aliphatic carbocycles. The molecule has 29 heavy (non-hydrogen) atoms. The second-order valence-electron chi connectivity index (χ2n) is 7.87. The summed E-state index contributed by atoms with van der Waals surface area (Å²) in [6.07, 6.45) is 4.34. The number of hydrogen-bond donors (Lipinski definition) is 1. The van der Waals surface area contributed by atoms with E-state index in [4.69, 9.17) is 10.5 Å². The molecule has 2 heterocycles. The van der Waals surface area contributed by atoms with E-state index in [0.29, 0.717) is 13.0 Å². The van der Waals surface area contributed by atoms with Gasteiger partial charge in [-0.2, -0.15) is 0 Å². The van der Waals surface area contributed by atoms with E-state index in [1.54, 1.807) is 0 Å². The van der Waals surface area contributed by atoms with Crippen molar-refractivity contribution in [2.45, 2.75) is 44.2 Å². The first-order chi connectivity index (χ1) is 13.2. The van der Waals surface area contributed by atoms with Crippen LogP contribution in [0.5, 0.6) is 5.75 Å². The molecule has 158 valence electrons. The minimum Gasteiger partial charge on any atom is -0.486 e. The highest BCUT2D eigenvalue weighted by Gasteiger charge is 2.41. The highest BCUT2D eigenvalue weighted by molar-refractivity contribution is 6.00. The summed E-state index contributed by atoms with van der Waals surface area (Å²) in [5, 5.41) is 0. The Morgan fingerprint density at radius 1 is 0.966 bits per heavy atom. The van der Waals surface area contributed by atoms with Gasteiger partial charge in [-0.15, -0.1) is 24.8 Å². The summed E-state index contributed by atoms with van der Waals surface area (Å²) in [6, 6.07) is 16.4. The molecular weight excluding hydrogens is 407 g/mol. The van der Waals surface area contributed by atoms with E-state index in [0.717, 1.165) is 56.6 Å². The summed E-state index contributed by atoms with van der Waals surface area (Å²) in [4.78, 5) is 15.1. The Labute approximate surface area is 185 Å². The van der Waals surface area contributed by atoms with Gasteiger partial charge in [0.25, 0.3) is 0 Å². The fourth-order valence-corrected chi connectivity index (χ4v) is 4.34. The fourth-order valence-electron chi connectivity index (χ4n) is 4.34. The van der Waals surface area contributed by atoms with Crippen molar-refractivity contribution in [3.63, 3.8) is 0 Å². The minimum atomic E-state index is -0.328. The summed E-state index contributed by atoms with van der Waals surface area (Å²) in [6.45, 7) is 3.64. The molecule has 1 fully saturated rings. The zero-order chi connectivity index (χ0) is 18.7. The van der Waals surface area contributed by atoms with Gasteiger partial charge in [-0.1, -0.05) is 36.4 Å². The van der Waals surface area contributed by atoms with Crippen LogP contribution in [0.1, 0.15) is 47.2 Å². The number of Topliss-reactive ketones (excluding diaryl/α,β-unsaturated/α-hetero) is 1. The number of benzene rings is 2. The maximum Gasteiger partial charge on any atom is 0.170 e. The molecule has 2 N–H and O–H groups in total. The standard InChI is InChI=1S/C23H28N2O2.2ClH/c24-13-10-18-6-8-19(9-7-18)17-25-14-3-11-23(12-15-25)16-21(26)20-4-1-2-5-22(20)27-23;;/h1-2,4-9H,3,10-17,24H2;2*1H. The van der Waals surface area contributed by atoms with E-state index in [-0.39, 0.29) is 36.2 Å². The molecule has 6 heteroatoms. The van der Waals surface area contributed by atoms with Gasteiger partial charge in [0.1, 0.15) is 11.4 Å². The van der Waals surface area contributed by atoms with Crippen molar-refractivity contribution < 1.29 is 9.53 Å². The number of hydrogen-bond acceptors (Lipinski definition) is 4. The van der Waals surface area contributed by atoms with Crippen molar-refractivity contribution in [3.05, 3.63) is 65.2 Å². The van der Waals surface area contributed by atoms with Crippen LogP contribution in [0.25, 0.3) is 0 Å². The summed E-state index contributed by atoms with van der Waals surface area (Å²) < 4.78 is 6.39. The van der Waals surface area contributed by atoms with E-state index >= 15 is 0 Å². The van der Waals surface area contributed by atoms with Crippen LogP contribution < -0.4 is 10.5 Å². The van der Waals surface area contributed by atoms with Crippen LogP contribution in [0.4, 0.5) is 0 Å². The van der Waals surface area contributed by atoms with Crippen molar-refractivity contribution in [1.29, 1.82) is 0 Å². The lowest BCUT2D eigenvalue weighted by molar-refractivity contribution is 0.0299. The summed E-state index contributed by atoms with van der Waals surface area (Å²) in [5.74, 6) is 0.985. The SMILES string of the molecule is Cl.Cl.NCCc1ccc(CN2CCCC3(CC2)CC(=O)c2ccccc2O3)cc1. The number of fused-ring (bicyclic) bond motifs is 1. The van der Waals surface area contributed by atoms with E-state index in [9.17, 15) is 4.79 Å². The molecule has 0 aromatic heterocycles. The fraction of sp³-hybridized carbons (Fsp3) is 0.435. The Morgan fingerprint density at radius 2 is 1.69 bits per heavy atom. The molecular formula is C23H30Cl2N2O2. The van der Waals surface area contributed by atoms with Gasteiger partial charge in [0, 0.05) is 19.5 Å². The van der Waals surface area contributed by atoms with Crippen molar-refractivity contribution >= 4 is 30.6 Å². The number of carbonyl (C=O) groups is 1. The topological polar surface area (TPSA) is 55.6 Å². The van der Waals surface area contributed by atoms with Crippen LogP contribution in [-0.2, 0) is 13.0 Å². The molecule has 2 aliphatic rings. The van der Waals surface area contributed by atoms with Crippen LogP contribution in [0.15, 0.2) is 48.5 Å². The Hall–Kier alpha value is -1.59. The van der Waals surface area contributed by atoms with Crippen LogP contribution in [-0.4, -0.2) is 35.9 Å². The van der Waals surface area contributed by atoms with Crippen molar-refractivity contribution in [2.75, 3.05) is 19.6 Å². The first-order valence-electron chi connectivity index (χ1n) is 9.99. The number of rotatable bonds is 4. The van der Waals surface area contributed by atoms with Crippen molar-refractivity contribution in [1.82, 2.24) is 4.90 Å². The average Bonchev–Trinajstić information content (AvgIpc) is 2.86. The molecule has 0 amide bonds. The van der Waals surface area contributed by atoms with Crippen LogP contribution >= 0.6 is 24.8 Å². The predicted octanol–water partition coefficient (Wildman–Crippen LogP) is 4.42.